The molecule has 1 aliphatic carbocycles. The lowest BCUT2D eigenvalue weighted by molar-refractivity contribution is -0.226. The Labute approximate surface area is 168 Å². The molecular formula is C21H29F3N2O3. The van der Waals surface area contributed by atoms with Crippen LogP contribution in [0.4, 0.5) is 18.0 Å². The van der Waals surface area contributed by atoms with Crippen LogP contribution < -0.4 is 5.32 Å². The molecule has 1 saturated carbocycles. The monoisotopic (exact) mass is 414 g/mol. The third-order valence-corrected chi connectivity index (χ3v) is 6.55. The first-order valence-corrected chi connectivity index (χ1v) is 10.3. The number of halogens is 3. The van der Waals surface area contributed by atoms with Gasteiger partial charge in [0, 0.05) is 31.6 Å². The number of likely N-dealkylation sites (tertiary alicyclic amines) is 1. The van der Waals surface area contributed by atoms with E-state index < -0.39 is 29.7 Å². The number of carboxylic acid groups (broad SMARTS) is 1. The maximum Gasteiger partial charge on any atom is 0.404 e. The Morgan fingerprint density at radius 2 is 1.69 bits per heavy atom. The van der Waals surface area contributed by atoms with Gasteiger partial charge in [-0.05, 0) is 31.2 Å². The first-order valence-electron chi connectivity index (χ1n) is 10.3. The lowest BCUT2D eigenvalue weighted by Crippen LogP contribution is -2.60. The molecule has 3 rings (SSSR count). The Hall–Kier alpha value is -1.80. The van der Waals surface area contributed by atoms with E-state index in [0.29, 0.717) is 45.2 Å². The first kappa shape index (κ1) is 21.9. The fourth-order valence-corrected chi connectivity index (χ4v) is 5.07. The quantitative estimate of drug-likeness (QED) is 0.686. The largest absolute Gasteiger partial charge is 0.465 e. The zero-order chi connectivity index (χ0) is 21.1. The topological polar surface area (TPSA) is 72.8 Å². The molecule has 8 heteroatoms. The number of carbonyl (C=O) groups is 1. The fraction of sp³-hybridized carbons (Fsp3) is 0.667. The second-order valence-electron chi connectivity index (χ2n) is 8.29. The number of aliphatic hydroxyl groups excluding tert-OH is 1. The molecule has 1 aromatic carbocycles. The second-order valence-corrected chi connectivity index (χ2v) is 8.29. The molecule has 1 aromatic rings. The standard InChI is InChI=1S/C21H29F3N2O3/c22-21(23,24)20(15-6-2-1-3-7-15,17-8-4-5-9-18(17)27)14-26-12-10-16(11-13-26)25-19(28)29/h1-3,6-7,16-18,25,27H,4-5,8-14H2,(H,28,29). The molecule has 1 aliphatic heterocycles. The van der Waals surface area contributed by atoms with E-state index in [1.165, 1.54) is 12.1 Å². The van der Waals surface area contributed by atoms with Crippen molar-refractivity contribution in [2.75, 3.05) is 19.6 Å². The van der Waals surface area contributed by atoms with Gasteiger partial charge in [-0.25, -0.2) is 4.79 Å². The fourth-order valence-electron chi connectivity index (χ4n) is 5.07. The predicted octanol–water partition coefficient (Wildman–Crippen LogP) is 3.77. The van der Waals surface area contributed by atoms with Gasteiger partial charge in [0.05, 0.1) is 6.10 Å². The Morgan fingerprint density at radius 3 is 2.24 bits per heavy atom. The van der Waals surface area contributed by atoms with E-state index in [1.807, 2.05) is 0 Å². The Morgan fingerprint density at radius 1 is 1.07 bits per heavy atom. The molecule has 0 spiro atoms. The van der Waals surface area contributed by atoms with E-state index in [9.17, 15) is 23.1 Å². The number of hydrogen-bond donors (Lipinski definition) is 3. The third kappa shape index (κ3) is 4.69. The van der Waals surface area contributed by atoms with Crippen molar-refractivity contribution in [3.8, 4) is 0 Å². The molecule has 1 amide bonds. The minimum Gasteiger partial charge on any atom is -0.465 e. The van der Waals surface area contributed by atoms with E-state index >= 15 is 0 Å². The molecule has 1 heterocycles. The van der Waals surface area contributed by atoms with E-state index in [-0.39, 0.29) is 18.2 Å². The number of benzene rings is 1. The van der Waals surface area contributed by atoms with Crippen molar-refractivity contribution in [1.82, 2.24) is 10.2 Å². The summed E-state index contributed by atoms with van der Waals surface area (Å²) in [6.45, 7) is 0.554. The van der Waals surface area contributed by atoms with Crippen molar-refractivity contribution in [2.45, 2.75) is 62.3 Å². The van der Waals surface area contributed by atoms with Gasteiger partial charge in [-0.1, -0.05) is 43.2 Å². The number of nitrogens with one attached hydrogen (secondary N) is 1. The summed E-state index contributed by atoms with van der Waals surface area (Å²) < 4.78 is 44.4. The zero-order valence-electron chi connectivity index (χ0n) is 16.4. The lowest BCUT2D eigenvalue weighted by Gasteiger charge is -2.49. The Balaban J connectivity index is 1.91. The average Bonchev–Trinajstić information content (AvgIpc) is 2.67. The summed E-state index contributed by atoms with van der Waals surface area (Å²) in [5.41, 5.74) is -1.95. The molecule has 5 nitrogen and oxygen atoms in total. The number of rotatable bonds is 5. The van der Waals surface area contributed by atoms with Gasteiger partial charge < -0.3 is 20.4 Å². The summed E-state index contributed by atoms with van der Waals surface area (Å²) in [5, 5.41) is 21.9. The molecule has 1 saturated heterocycles. The number of piperidine rings is 1. The molecule has 3 atom stereocenters. The van der Waals surface area contributed by atoms with Crippen molar-refractivity contribution >= 4 is 6.09 Å². The highest BCUT2D eigenvalue weighted by Crippen LogP contribution is 2.52. The SMILES string of the molecule is O=C(O)NC1CCN(CC(c2ccccc2)(C2CCCCC2O)C(F)(F)F)CC1. The summed E-state index contributed by atoms with van der Waals surface area (Å²) in [7, 11) is 0. The molecule has 0 aromatic heterocycles. The van der Waals surface area contributed by atoms with E-state index in [2.05, 4.69) is 5.32 Å². The van der Waals surface area contributed by atoms with Gasteiger partial charge in [0.1, 0.15) is 5.41 Å². The van der Waals surface area contributed by atoms with Gasteiger partial charge in [-0.15, -0.1) is 0 Å². The average molecular weight is 414 g/mol. The maximum atomic E-state index is 14.8. The highest BCUT2D eigenvalue weighted by atomic mass is 19.4. The van der Waals surface area contributed by atoms with Gasteiger partial charge in [-0.2, -0.15) is 13.2 Å². The smallest absolute Gasteiger partial charge is 0.404 e. The van der Waals surface area contributed by atoms with Crippen LogP contribution in [0.1, 0.15) is 44.1 Å². The molecular weight excluding hydrogens is 385 g/mol. The van der Waals surface area contributed by atoms with Crippen LogP contribution in [0, 0.1) is 5.92 Å². The Bertz CT molecular complexity index is 677. The molecule has 2 fully saturated rings. The van der Waals surface area contributed by atoms with E-state index in [0.717, 1.165) is 6.42 Å². The summed E-state index contributed by atoms with van der Waals surface area (Å²) >= 11 is 0. The molecule has 0 bridgehead atoms. The highest BCUT2D eigenvalue weighted by Gasteiger charge is 2.62. The van der Waals surface area contributed by atoms with Gasteiger partial charge in [0.2, 0.25) is 0 Å². The maximum absolute atomic E-state index is 14.8. The van der Waals surface area contributed by atoms with Crippen LogP contribution in [0.3, 0.4) is 0 Å². The van der Waals surface area contributed by atoms with Crippen LogP contribution in [0.15, 0.2) is 30.3 Å². The highest BCUT2D eigenvalue weighted by molar-refractivity contribution is 5.64. The number of nitrogens with zero attached hydrogens (tertiary/aromatic N) is 1. The van der Waals surface area contributed by atoms with Crippen molar-refractivity contribution in [2.24, 2.45) is 5.92 Å². The van der Waals surface area contributed by atoms with Crippen LogP contribution in [-0.4, -0.2) is 59.2 Å². The molecule has 0 radical (unpaired) electrons. The number of alkyl halides is 3. The lowest BCUT2D eigenvalue weighted by atomic mass is 9.62. The summed E-state index contributed by atoms with van der Waals surface area (Å²) in [6, 6.07) is 7.75. The summed E-state index contributed by atoms with van der Waals surface area (Å²) in [5.74, 6) is -0.895. The minimum atomic E-state index is -4.52. The predicted molar refractivity (Wildman–Crippen MR) is 103 cm³/mol. The van der Waals surface area contributed by atoms with Crippen molar-refractivity contribution < 1.29 is 28.2 Å². The molecule has 3 unspecified atom stereocenters. The van der Waals surface area contributed by atoms with Crippen LogP contribution in [-0.2, 0) is 5.41 Å². The van der Waals surface area contributed by atoms with E-state index in [4.69, 9.17) is 5.11 Å². The van der Waals surface area contributed by atoms with Gasteiger partial charge in [0.15, 0.2) is 0 Å². The molecule has 162 valence electrons. The minimum absolute atomic E-state index is 0.198. The van der Waals surface area contributed by atoms with Crippen LogP contribution >= 0.6 is 0 Å². The summed E-state index contributed by atoms with van der Waals surface area (Å²) in [6.07, 6.45) is -3.52. The number of aliphatic hydroxyl groups is 1. The van der Waals surface area contributed by atoms with Crippen LogP contribution in [0.25, 0.3) is 0 Å². The third-order valence-electron chi connectivity index (χ3n) is 6.55. The molecule has 29 heavy (non-hydrogen) atoms. The number of amides is 1. The Kier molecular flexibility index (Phi) is 6.73. The molecule has 2 aliphatic rings. The normalized spacial score (nSPS) is 26.6. The second kappa shape index (κ2) is 8.92. The zero-order valence-corrected chi connectivity index (χ0v) is 16.4. The van der Waals surface area contributed by atoms with E-state index in [1.54, 1.807) is 23.1 Å². The van der Waals surface area contributed by atoms with Crippen molar-refractivity contribution in [3.05, 3.63) is 35.9 Å². The van der Waals surface area contributed by atoms with Crippen LogP contribution in [0.5, 0.6) is 0 Å². The van der Waals surface area contributed by atoms with Gasteiger partial charge >= 0.3 is 12.3 Å². The number of hydrogen-bond acceptors (Lipinski definition) is 3. The molecule has 3 N–H and O–H groups in total. The summed E-state index contributed by atoms with van der Waals surface area (Å²) in [4.78, 5) is 12.6. The van der Waals surface area contributed by atoms with Crippen LogP contribution in [0.2, 0.25) is 0 Å². The first-order chi connectivity index (χ1) is 13.7. The van der Waals surface area contributed by atoms with Crippen molar-refractivity contribution in [3.63, 3.8) is 0 Å². The van der Waals surface area contributed by atoms with Gasteiger partial charge in [0.25, 0.3) is 0 Å². The van der Waals surface area contributed by atoms with Gasteiger partial charge in [-0.3, -0.25) is 0 Å². The van der Waals surface area contributed by atoms with Crippen molar-refractivity contribution in [1.29, 1.82) is 0 Å².